The number of nitrogens with one attached hydrogen (secondary N) is 2. The topological polar surface area (TPSA) is 78.5 Å². The summed E-state index contributed by atoms with van der Waals surface area (Å²) in [5.74, 6) is 0.125. The molecule has 0 atom stereocenters. The number of carbonyl (C=O) groups excluding carboxylic acids is 1. The Balaban J connectivity index is 1.74. The molecule has 7 heteroatoms. The van der Waals surface area contributed by atoms with Crippen molar-refractivity contribution in [2.24, 2.45) is 5.92 Å². The zero-order chi connectivity index (χ0) is 16.9. The van der Waals surface area contributed by atoms with Crippen LogP contribution < -0.4 is 14.9 Å². The Kier molecular flexibility index (Phi) is 6.01. The second-order valence-electron chi connectivity index (χ2n) is 6.16. The number of rotatable bonds is 8. The van der Waals surface area contributed by atoms with Crippen molar-refractivity contribution in [2.75, 3.05) is 37.8 Å². The summed E-state index contributed by atoms with van der Waals surface area (Å²) in [6.07, 6.45) is 3.39. The maximum absolute atomic E-state index is 12.0. The third-order valence-electron chi connectivity index (χ3n) is 4.12. The van der Waals surface area contributed by atoms with Gasteiger partial charge in [0.05, 0.1) is 5.75 Å². The van der Waals surface area contributed by atoms with Crippen molar-refractivity contribution in [3.8, 4) is 0 Å². The molecular weight excluding hydrogens is 314 g/mol. The van der Waals surface area contributed by atoms with Gasteiger partial charge in [-0.1, -0.05) is 6.42 Å². The largest absolute Gasteiger partial charge is 0.378 e. The average molecular weight is 339 g/mol. The summed E-state index contributed by atoms with van der Waals surface area (Å²) in [6, 6.07) is 7.17. The van der Waals surface area contributed by atoms with E-state index >= 15 is 0 Å². The van der Waals surface area contributed by atoms with Crippen molar-refractivity contribution < 1.29 is 13.2 Å². The minimum absolute atomic E-state index is 0.0960. The van der Waals surface area contributed by atoms with Gasteiger partial charge in [-0.3, -0.25) is 4.79 Å². The normalized spacial score (nSPS) is 15.0. The lowest BCUT2D eigenvalue weighted by molar-refractivity contribution is 0.0956. The number of amides is 1. The maximum atomic E-state index is 12.0. The van der Waals surface area contributed by atoms with Crippen LogP contribution in [0.3, 0.4) is 0 Å². The van der Waals surface area contributed by atoms with Gasteiger partial charge in [0.1, 0.15) is 0 Å². The molecule has 1 saturated carbocycles. The second kappa shape index (κ2) is 7.79. The predicted molar refractivity (Wildman–Crippen MR) is 92.2 cm³/mol. The molecule has 1 aliphatic rings. The number of hydrogen-bond donors (Lipinski definition) is 2. The lowest BCUT2D eigenvalue weighted by Crippen LogP contribution is -2.37. The first kappa shape index (κ1) is 17.7. The van der Waals surface area contributed by atoms with E-state index in [1.165, 1.54) is 6.42 Å². The van der Waals surface area contributed by atoms with Gasteiger partial charge < -0.3 is 10.2 Å². The van der Waals surface area contributed by atoms with E-state index in [1.54, 1.807) is 12.1 Å². The first-order valence-corrected chi connectivity index (χ1v) is 9.55. The molecule has 1 aromatic carbocycles. The standard InChI is InChI=1S/C16H25N3O3S/c1-19(2)15-8-6-14(7-9-15)16(20)17-10-11-23(21,22)18-12-13-4-3-5-13/h6-9,13,18H,3-5,10-12H2,1-2H3,(H,17,20). The van der Waals surface area contributed by atoms with Gasteiger partial charge in [-0.15, -0.1) is 0 Å². The molecular formula is C16H25N3O3S. The Hall–Kier alpha value is -1.60. The molecule has 128 valence electrons. The fourth-order valence-corrected chi connectivity index (χ4v) is 3.33. The van der Waals surface area contributed by atoms with Gasteiger partial charge >= 0.3 is 0 Å². The summed E-state index contributed by atoms with van der Waals surface area (Å²) in [5, 5.41) is 2.65. The van der Waals surface area contributed by atoms with E-state index in [1.807, 2.05) is 31.1 Å². The first-order chi connectivity index (χ1) is 10.9. The summed E-state index contributed by atoms with van der Waals surface area (Å²) < 4.78 is 26.3. The van der Waals surface area contributed by atoms with Gasteiger partial charge in [-0.05, 0) is 43.0 Å². The van der Waals surface area contributed by atoms with Gasteiger partial charge in [0.15, 0.2) is 0 Å². The lowest BCUT2D eigenvalue weighted by Gasteiger charge is -2.25. The van der Waals surface area contributed by atoms with E-state index in [2.05, 4.69) is 10.0 Å². The zero-order valence-corrected chi connectivity index (χ0v) is 14.5. The van der Waals surface area contributed by atoms with Gasteiger partial charge in [0.25, 0.3) is 5.91 Å². The SMILES string of the molecule is CN(C)c1ccc(C(=O)NCCS(=O)(=O)NCC2CCC2)cc1. The third kappa shape index (κ3) is 5.51. The highest BCUT2D eigenvalue weighted by molar-refractivity contribution is 7.89. The van der Waals surface area contributed by atoms with Crippen LogP contribution in [0.4, 0.5) is 5.69 Å². The molecule has 1 amide bonds. The molecule has 2 rings (SSSR count). The highest BCUT2D eigenvalue weighted by atomic mass is 32.2. The Bertz CT molecular complexity index is 622. The molecule has 0 aromatic heterocycles. The average Bonchev–Trinajstić information content (AvgIpc) is 2.45. The van der Waals surface area contributed by atoms with Gasteiger partial charge in [0, 0.05) is 38.4 Å². The molecule has 2 N–H and O–H groups in total. The number of nitrogens with zero attached hydrogens (tertiary/aromatic N) is 1. The summed E-state index contributed by atoms with van der Waals surface area (Å²) in [4.78, 5) is 13.9. The fraction of sp³-hybridized carbons (Fsp3) is 0.562. The lowest BCUT2D eigenvalue weighted by atomic mass is 9.86. The molecule has 0 spiro atoms. The van der Waals surface area contributed by atoms with E-state index in [9.17, 15) is 13.2 Å². The fourth-order valence-electron chi connectivity index (χ4n) is 2.33. The Labute approximate surface area is 138 Å². The van der Waals surface area contributed by atoms with Crippen LogP contribution in [0.15, 0.2) is 24.3 Å². The number of carbonyl (C=O) groups is 1. The van der Waals surface area contributed by atoms with Crippen LogP contribution in [0.1, 0.15) is 29.6 Å². The number of benzene rings is 1. The Morgan fingerprint density at radius 2 is 1.87 bits per heavy atom. The van der Waals surface area contributed by atoms with Crippen LogP contribution >= 0.6 is 0 Å². The Morgan fingerprint density at radius 3 is 2.39 bits per heavy atom. The molecule has 0 heterocycles. The van der Waals surface area contributed by atoms with Crippen LogP contribution in [0.2, 0.25) is 0 Å². The summed E-state index contributed by atoms with van der Waals surface area (Å²) >= 11 is 0. The summed E-state index contributed by atoms with van der Waals surface area (Å²) in [7, 11) is 0.534. The molecule has 0 saturated heterocycles. The van der Waals surface area contributed by atoms with E-state index in [4.69, 9.17) is 0 Å². The van der Waals surface area contributed by atoms with E-state index < -0.39 is 10.0 Å². The van der Waals surface area contributed by atoms with Gasteiger partial charge in [-0.25, -0.2) is 13.1 Å². The van der Waals surface area contributed by atoms with Crippen molar-refractivity contribution in [3.05, 3.63) is 29.8 Å². The van der Waals surface area contributed by atoms with Gasteiger partial charge in [0.2, 0.25) is 10.0 Å². The van der Waals surface area contributed by atoms with Crippen molar-refractivity contribution in [1.82, 2.24) is 10.0 Å². The van der Waals surface area contributed by atoms with Gasteiger partial charge in [-0.2, -0.15) is 0 Å². The highest BCUT2D eigenvalue weighted by Gasteiger charge is 2.20. The van der Waals surface area contributed by atoms with Crippen LogP contribution in [-0.4, -0.2) is 47.3 Å². The molecule has 1 fully saturated rings. The van der Waals surface area contributed by atoms with Crippen LogP contribution in [0.25, 0.3) is 0 Å². The number of hydrogen-bond acceptors (Lipinski definition) is 4. The number of anilines is 1. The molecule has 0 radical (unpaired) electrons. The zero-order valence-electron chi connectivity index (χ0n) is 13.7. The first-order valence-electron chi connectivity index (χ1n) is 7.90. The van der Waals surface area contributed by atoms with E-state index in [0.29, 0.717) is 18.0 Å². The Morgan fingerprint density at radius 1 is 1.22 bits per heavy atom. The second-order valence-corrected chi connectivity index (χ2v) is 8.09. The predicted octanol–water partition coefficient (Wildman–Crippen LogP) is 1.20. The summed E-state index contributed by atoms with van der Waals surface area (Å²) in [6.45, 7) is 0.622. The monoisotopic (exact) mass is 339 g/mol. The third-order valence-corrected chi connectivity index (χ3v) is 5.47. The van der Waals surface area contributed by atoms with Crippen LogP contribution in [0.5, 0.6) is 0 Å². The van der Waals surface area contributed by atoms with E-state index in [-0.39, 0.29) is 18.2 Å². The quantitative estimate of drug-likeness (QED) is 0.746. The molecule has 0 aliphatic heterocycles. The van der Waals surface area contributed by atoms with Crippen molar-refractivity contribution in [3.63, 3.8) is 0 Å². The smallest absolute Gasteiger partial charge is 0.251 e. The minimum atomic E-state index is -3.32. The van der Waals surface area contributed by atoms with Crippen molar-refractivity contribution >= 4 is 21.6 Å². The van der Waals surface area contributed by atoms with E-state index in [0.717, 1.165) is 18.5 Å². The van der Waals surface area contributed by atoms with Crippen molar-refractivity contribution in [2.45, 2.75) is 19.3 Å². The minimum Gasteiger partial charge on any atom is -0.378 e. The van der Waals surface area contributed by atoms with Crippen molar-refractivity contribution in [1.29, 1.82) is 0 Å². The number of sulfonamides is 1. The van der Waals surface area contributed by atoms with Crippen LogP contribution in [0, 0.1) is 5.92 Å². The molecule has 1 aromatic rings. The maximum Gasteiger partial charge on any atom is 0.251 e. The highest BCUT2D eigenvalue weighted by Crippen LogP contribution is 2.25. The molecule has 0 unspecified atom stereocenters. The summed E-state index contributed by atoms with van der Waals surface area (Å²) in [5.41, 5.74) is 1.53. The molecule has 6 nitrogen and oxygen atoms in total. The molecule has 0 bridgehead atoms. The molecule has 1 aliphatic carbocycles. The van der Waals surface area contributed by atoms with Crippen LogP contribution in [-0.2, 0) is 10.0 Å². The molecule has 23 heavy (non-hydrogen) atoms.